The molecule has 3 nitrogen and oxygen atoms in total. The van der Waals surface area contributed by atoms with Gasteiger partial charge in [-0.2, -0.15) is 0 Å². The van der Waals surface area contributed by atoms with Crippen LogP contribution in [0.4, 0.5) is 4.39 Å². The average molecular weight is 309 g/mol. The van der Waals surface area contributed by atoms with Gasteiger partial charge in [-0.05, 0) is 37.2 Å². The van der Waals surface area contributed by atoms with Crippen molar-refractivity contribution in [3.05, 3.63) is 58.6 Å². The maximum Gasteiger partial charge on any atom is 0.142 e. The minimum atomic E-state index is -0.377. The molecule has 2 rings (SSSR count). The lowest BCUT2D eigenvalue weighted by Gasteiger charge is -2.21. The van der Waals surface area contributed by atoms with Crippen molar-refractivity contribution >= 4 is 11.6 Å². The molecular formula is C16H18ClFN2O. The van der Waals surface area contributed by atoms with E-state index in [4.69, 9.17) is 16.3 Å². The van der Waals surface area contributed by atoms with Gasteiger partial charge in [-0.1, -0.05) is 24.6 Å². The Morgan fingerprint density at radius 1 is 1.38 bits per heavy atom. The van der Waals surface area contributed by atoms with Crippen LogP contribution in [0.5, 0.6) is 5.75 Å². The summed E-state index contributed by atoms with van der Waals surface area (Å²) in [6.45, 7) is 2.80. The van der Waals surface area contributed by atoms with Gasteiger partial charge in [-0.25, -0.2) is 4.39 Å². The second-order valence-corrected chi connectivity index (χ2v) is 5.08. The van der Waals surface area contributed by atoms with Crippen LogP contribution < -0.4 is 10.1 Å². The molecule has 1 heterocycles. The maximum absolute atomic E-state index is 14.3. The zero-order valence-corrected chi connectivity index (χ0v) is 12.8. The predicted octanol–water partition coefficient (Wildman–Crippen LogP) is 3.97. The summed E-state index contributed by atoms with van der Waals surface area (Å²) >= 11 is 5.83. The van der Waals surface area contributed by atoms with E-state index in [1.807, 2.05) is 6.07 Å². The van der Waals surface area contributed by atoms with E-state index in [0.29, 0.717) is 22.0 Å². The molecule has 0 aliphatic carbocycles. The summed E-state index contributed by atoms with van der Waals surface area (Å²) in [5.41, 5.74) is 1.17. The third-order valence-electron chi connectivity index (χ3n) is 3.17. The van der Waals surface area contributed by atoms with Crippen LogP contribution in [0.2, 0.25) is 5.02 Å². The number of rotatable bonds is 6. The second-order valence-electron chi connectivity index (χ2n) is 4.64. The molecule has 0 aliphatic heterocycles. The van der Waals surface area contributed by atoms with Crippen LogP contribution in [0, 0.1) is 5.82 Å². The molecule has 0 bridgehead atoms. The van der Waals surface area contributed by atoms with Gasteiger partial charge in [0.25, 0.3) is 0 Å². The number of hydrogen-bond donors (Lipinski definition) is 1. The summed E-state index contributed by atoms with van der Waals surface area (Å²) < 4.78 is 19.6. The minimum absolute atomic E-state index is 0.358. The fourth-order valence-electron chi connectivity index (χ4n) is 2.17. The van der Waals surface area contributed by atoms with Gasteiger partial charge >= 0.3 is 0 Å². The fourth-order valence-corrected chi connectivity index (χ4v) is 2.33. The molecule has 1 aromatic carbocycles. The number of hydrogen-bond acceptors (Lipinski definition) is 3. The van der Waals surface area contributed by atoms with E-state index in [1.165, 1.54) is 6.07 Å². The summed E-state index contributed by atoms with van der Waals surface area (Å²) in [6.07, 6.45) is 2.60. The van der Waals surface area contributed by atoms with E-state index in [1.54, 1.807) is 31.5 Å². The Morgan fingerprint density at radius 3 is 2.86 bits per heavy atom. The summed E-state index contributed by atoms with van der Waals surface area (Å²) in [5, 5.41) is 3.69. The molecule has 21 heavy (non-hydrogen) atoms. The number of nitrogens with zero attached hydrogens (tertiary/aromatic N) is 1. The number of aromatic nitrogens is 1. The Kier molecular flexibility index (Phi) is 5.53. The highest BCUT2D eigenvalue weighted by molar-refractivity contribution is 6.30. The highest BCUT2D eigenvalue weighted by Crippen LogP contribution is 2.30. The van der Waals surface area contributed by atoms with Crippen LogP contribution in [-0.2, 0) is 0 Å². The molecule has 1 aromatic heterocycles. The molecule has 0 amide bonds. The van der Waals surface area contributed by atoms with Crippen LogP contribution in [0.15, 0.2) is 36.5 Å². The van der Waals surface area contributed by atoms with Gasteiger partial charge in [-0.15, -0.1) is 0 Å². The summed E-state index contributed by atoms with van der Waals surface area (Å²) in [7, 11) is 1.58. The lowest BCUT2D eigenvalue weighted by molar-refractivity contribution is 0.398. The molecule has 0 aliphatic rings. The number of methoxy groups -OCH3 is 1. The van der Waals surface area contributed by atoms with Crippen molar-refractivity contribution < 1.29 is 9.13 Å². The van der Waals surface area contributed by atoms with Gasteiger partial charge in [0.2, 0.25) is 0 Å². The van der Waals surface area contributed by atoms with E-state index in [9.17, 15) is 4.39 Å². The van der Waals surface area contributed by atoms with Gasteiger partial charge < -0.3 is 10.1 Å². The van der Waals surface area contributed by atoms with Crippen LogP contribution in [0.1, 0.15) is 30.6 Å². The number of benzene rings is 1. The topological polar surface area (TPSA) is 34.2 Å². The Bertz CT molecular complexity index is 607. The van der Waals surface area contributed by atoms with Gasteiger partial charge in [0.1, 0.15) is 17.3 Å². The van der Waals surface area contributed by atoms with E-state index in [-0.39, 0.29) is 11.9 Å². The SMILES string of the molecule is CCCNC(c1ccc(Cl)cc1F)c1ncccc1OC. The minimum Gasteiger partial charge on any atom is -0.495 e. The molecule has 1 atom stereocenters. The molecule has 2 aromatic rings. The third kappa shape index (κ3) is 3.71. The number of halogens is 2. The van der Waals surface area contributed by atoms with Crippen LogP contribution in [0.3, 0.4) is 0 Å². The van der Waals surface area contributed by atoms with E-state index in [0.717, 1.165) is 13.0 Å². The molecule has 0 saturated carbocycles. The molecule has 5 heteroatoms. The van der Waals surface area contributed by atoms with Crippen LogP contribution in [-0.4, -0.2) is 18.6 Å². The second kappa shape index (κ2) is 7.38. The highest BCUT2D eigenvalue weighted by Gasteiger charge is 2.22. The normalized spacial score (nSPS) is 12.2. The number of ether oxygens (including phenoxy) is 1. The van der Waals surface area contributed by atoms with Gasteiger partial charge in [0.15, 0.2) is 0 Å². The smallest absolute Gasteiger partial charge is 0.142 e. The van der Waals surface area contributed by atoms with E-state index in [2.05, 4.69) is 17.2 Å². The van der Waals surface area contributed by atoms with Crippen molar-refractivity contribution in [2.45, 2.75) is 19.4 Å². The molecule has 0 fully saturated rings. The number of pyridine rings is 1. The fraction of sp³-hybridized carbons (Fsp3) is 0.312. The van der Waals surface area contributed by atoms with Crippen molar-refractivity contribution in [3.63, 3.8) is 0 Å². The van der Waals surface area contributed by atoms with Gasteiger partial charge in [0.05, 0.1) is 13.2 Å². The van der Waals surface area contributed by atoms with Gasteiger partial charge in [-0.3, -0.25) is 4.98 Å². The zero-order valence-electron chi connectivity index (χ0n) is 12.1. The van der Waals surface area contributed by atoms with Crippen LogP contribution in [0.25, 0.3) is 0 Å². The number of nitrogens with one attached hydrogen (secondary N) is 1. The van der Waals surface area contributed by atoms with Crippen LogP contribution >= 0.6 is 11.6 Å². The lowest BCUT2D eigenvalue weighted by Crippen LogP contribution is -2.25. The molecule has 0 saturated heterocycles. The first-order valence-corrected chi connectivity index (χ1v) is 7.22. The first kappa shape index (κ1) is 15.7. The quantitative estimate of drug-likeness (QED) is 0.876. The van der Waals surface area contributed by atoms with Crippen molar-refractivity contribution in [2.24, 2.45) is 0 Å². The average Bonchev–Trinajstić information content (AvgIpc) is 2.49. The standard InChI is InChI=1S/C16H18ClFN2O/c1-3-8-19-15(12-7-6-11(17)10-13(12)18)16-14(21-2)5-4-9-20-16/h4-7,9-10,15,19H,3,8H2,1-2H3. The largest absolute Gasteiger partial charge is 0.495 e. The molecular weight excluding hydrogens is 291 g/mol. The predicted molar refractivity (Wildman–Crippen MR) is 82.3 cm³/mol. The lowest BCUT2D eigenvalue weighted by atomic mass is 10.0. The van der Waals surface area contributed by atoms with E-state index < -0.39 is 0 Å². The van der Waals surface area contributed by atoms with Crippen molar-refractivity contribution in [3.8, 4) is 5.75 Å². The summed E-state index contributed by atoms with van der Waals surface area (Å²) in [5.74, 6) is 0.268. The zero-order chi connectivity index (χ0) is 15.2. The molecule has 1 unspecified atom stereocenters. The Morgan fingerprint density at radius 2 is 2.19 bits per heavy atom. The van der Waals surface area contributed by atoms with Gasteiger partial charge in [0, 0.05) is 16.8 Å². The molecule has 0 radical (unpaired) electrons. The van der Waals surface area contributed by atoms with Crippen molar-refractivity contribution in [1.29, 1.82) is 0 Å². The summed E-state index contributed by atoms with van der Waals surface area (Å²) in [6, 6.07) is 7.90. The first-order valence-electron chi connectivity index (χ1n) is 6.84. The molecule has 1 N–H and O–H groups in total. The Labute approximate surface area is 129 Å². The maximum atomic E-state index is 14.3. The van der Waals surface area contributed by atoms with Crippen molar-refractivity contribution in [2.75, 3.05) is 13.7 Å². The highest BCUT2D eigenvalue weighted by atomic mass is 35.5. The Balaban J connectivity index is 2.47. The monoisotopic (exact) mass is 308 g/mol. The Hall–Kier alpha value is -1.65. The van der Waals surface area contributed by atoms with Crippen molar-refractivity contribution in [1.82, 2.24) is 10.3 Å². The summed E-state index contributed by atoms with van der Waals surface area (Å²) in [4.78, 5) is 4.36. The van der Waals surface area contributed by atoms with E-state index >= 15 is 0 Å². The third-order valence-corrected chi connectivity index (χ3v) is 3.40. The molecule has 112 valence electrons. The first-order chi connectivity index (χ1) is 10.2. The molecule has 0 spiro atoms.